The second-order valence-corrected chi connectivity index (χ2v) is 3.74. The maximum Gasteiger partial charge on any atom is 0.168 e. The van der Waals surface area contributed by atoms with Gasteiger partial charge in [-0.2, -0.15) is 0 Å². The molecule has 0 radical (unpaired) electrons. The van der Waals surface area contributed by atoms with Crippen LogP contribution >= 0.6 is 0 Å². The molecule has 1 aliphatic heterocycles. The number of aromatic nitrogens is 1. The van der Waals surface area contributed by atoms with Crippen molar-refractivity contribution in [1.29, 1.82) is 0 Å². The summed E-state index contributed by atoms with van der Waals surface area (Å²) in [5.41, 5.74) is 0. The summed E-state index contributed by atoms with van der Waals surface area (Å²) in [6.45, 7) is 1.33. The number of rotatable bonds is 2. The molecule has 0 bridgehead atoms. The van der Waals surface area contributed by atoms with Gasteiger partial charge in [-0.25, -0.2) is 13.8 Å². The molecule has 2 heterocycles. The van der Waals surface area contributed by atoms with Crippen molar-refractivity contribution in [3.05, 3.63) is 23.9 Å². The van der Waals surface area contributed by atoms with Crippen molar-refractivity contribution in [1.82, 2.24) is 4.98 Å². The van der Waals surface area contributed by atoms with Crippen LogP contribution < -0.4 is 4.90 Å². The second-order valence-electron chi connectivity index (χ2n) is 3.74. The first kappa shape index (κ1) is 10.3. The highest BCUT2D eigenvalue weighted by Crippen LogP contribution is 2.24. The zero-order valence-corrected chi connectivity index (χ0v) is 8.16. The molecule has 0 aromatic carbocycles. The third-order valence-corrected chi connectivity index (χ3v) is 2.63. The Morgan fingerprint density at radius 3 is 2.93 bits per heavy atom. The number of halogens is 2. The van der Waals surface area contributed by atoms with E-state index < -0.39 is 11.6 Å². The summed E-state index contributed by atoms with van der Waals surface area (Å²) >= 11 is 0. The Hall–Kier alpha value is -1.23. The SMILES string of the molecule is OCC1CCN(c2ncc(F)cc2F)C1. The quantitative estimate of drug-likeness (QED) is 0.803. The van der Waals surface area contributed by atoms with Gasteiger partial charge in [-0.05, 0) is 6.42 Å². The molecule has 1 fully saturated rings. The summed E-state index contributed by atoms with van der Waals surface area (Å²) < 4.78 is 25.9. The second kappa shape index (κ2) is 4.10. The average molecular weight is 214 g/mol. The molecular weight excluding hydrogens is 202 g/mol. The van der Waals surface area contributed by atoms with E-state index in [2.05, 4.69) is 4.98 Å². The number of nitrogens with zero attached hydrogens (tertiary/aromatic N) is 2. The molecule has 1 aromatic rings. The van der Waals surface area contributed by atoms with Gasteiger partial charge >= 0.3 is 0 Å². The Kier molecular flexibility index (Phi) is 2.81. The number of aliphatic hydroxyl groups excluding tert-OH is 1. The highest BCUT2D eigenvalue weighted by molar-refractivity contribution is 5.40. The van der Waals surface area contributed by atoms with Crippen LogP contribution in [0.5, 0.6) is 0 Å². The van der Waals surface area contributed by atoms with Crippen molar-refractivity contribution in [2.75, 3.05) is 24.6 Å². The van der Waals surface area contributed by atoms with Crippen molar-refractivity contribution in [3.8, 4) is 0 Å². The standard InChI is InChI=1S/C10H12F2N2O/c11-8-3-9(12)10(13-4-8)14-2-1-7(5-14)6-15/h3-4,7,15H,1-2,5-6H2. The Bertz CT molecular complexity index is 359. The van der Waals surface area contributed by atoms with Gasteiger partial charge in [0.1, 0.15) is 5.82 Å². The largest absolute Gasteiger partial charge is 0.396 e. The van der Waals surface area contributed by atoms with Crippen LogP contribution in [0.1, 0.15) is 6.42 Å². The van der Waals surface area contributed by atoms with Gasteiger partial charge in [0.25, 0.3) is 0 Å². The Morgan fingerprint density at radius 1 is 1.53 bits per heavy atom. The van der Waals surface area contributed by atoms with E-state index in [1.165, 1.54) is 0 Å². The topological polar surface area (TPSA) is 36.4 Å². The van der Waals surface area contributed by atoms with Crippen LogP contribution in [0.2, 0.25) is 0 Å². The number of hydrogen-bond acceptors (Lipinski definition) is 3. The molecule has 2 rings (SSSR count). The van der Waals surface area contributed by atoms with Crippen LogP contribution in [0, 0.1) is 17.6 Å². The summed E-state index contributed by atoms with van der Waals surface area (Å²) in [5.74, 6) is -0.980. The lowest BCUT2D eigenvalue weighted by Gasteiger charge is -2.17. The monoisotopic (exact) mass is 214 g/mol. The van der Waals surface area contributed by atoms with Gasteiger partial charge in [-0.15, -0.1) is 0 Å². The minimum atomic E-state index is -0.672. The average Bonchev–Trinajstić information content (AvgIpc) is 2.66. The lowest BCUT2D eigenvalue weighted by Crippen LogP contribution is -2.22. The zero-order valence-electron chi connectivity index (χ0n) is 8.16. The molecule has 5 heteroatoms. The van der Waals surface area contributed by atoms with E-state index in [4.69, 9.17) is 5.11 Å². The first-order valence-corrected chi connectivity index (χ1v) is 4.87. The third kappa shape index (κ3) is 2.07. The molecule has 1 N–H and O–H groups in total. The first-order chi connectivity index (χ1) is 7.20. The van der Waals surface area contributed by atoms with Gasteiger partial charge in [0, 0.05) is 31.7 Å². The van der Waals surface area contributed by atoms with E-state index in [1.54, 1.807) is 4.90 Å². The van der Waals surface area contributed by atoms with E-state index in [9.17, 15) is 8.78 Å². The van der Waals surface area contributed by atoms with Crippen LogP contribution in [0.3, 0.4) is 0 Å². The minimum absolute atomic E-state index is 0.0965. The fourth-order valence-electron chi connectivity index (χ4n) is 1.81. The van der Waals surface area contributed by atoms with E-state index in [-0.39, 0.29) is 18.3 Å². The van der Waals surface area contributed by atoms with Gasteiger partial charge in [0.15, 0.2) is 11.6 Å². The first-order valence-electron chi connectivity index (χ1n) is 4.87. The van der Waals surface area contributed by atoms with Crippen molar-refractivity contribution in [2.24, 2.45) is 5.92 Å². The lowest BCUT2D eigenvalue weighted by molar-refractivity contribution is 0.238. The van der Waals surface area contributed by atoms with Crippen LogP contribution in [-0.2, 0) is 0 Å². The third-order valence-electron chi connectivity index (χ3n) is 2.63. The number of pyridine rings is 1. The van der Waals surface area contributed by atoms with Gasteiger partial charge in [-0.3, -0.25) is 0 Å². The highest BCUT2D eigenvalue weighted by Gasteiger charge is 2.24. The van der Waals surface area contributed by atoms with E-state index >= 15 is 0 Å². The summed E-state index contributed by atoms with van der Waals surface area (Å²) in [5, 5.41) is 8.94. The summed E-state index contributed by atoms with van der Waals surface area (Å²) in [6.07, 6.45) is 1.82. The molecule has 0 saturated carbocycles. The van der Waals surface area contributed by atoms with Crippen LogP contribution in [-0.4, -0.2) is 29.8 Å². The Morgan fingerprint density at radius 2 is 2.33 bits per heavy atom. The number of anilines is 1. The van der Waals surface area contributed by atoms with E-state index in [0.717, 1.165) is 18.7 Å². The fraction of sp³-hybridized carbons (Fsp3) is 0.500. The Labute approximate surface area is 86.4 Å². The zero-order chi connectivity index (χ0) is 10.8. The molecule has 1 unspecified atom stereocenters. The van der Waals surface area contributed by atoms with E-state index in [1.807, 2.05) is 0 Å². The van der Waals surface area contributed by atoms with Crippen LogP contribution in [0.25, 0.3) is 0 Å². The van der Waals surface area contributed by atoms with Gasteiger partial charge < -0.3 is 10.0 Å². The Balaban J connectivity index is 2.17. The van der Waals surface area contributed by atoms with Crippen molar-refractivity contribution >= 4 is 5.82 Å². The summed E-state index contributed by atoms with van der Waals surface area (Å²) in [4.78, 5) is 5.45. The smallest absolute Gasteiger partial charge is 0.168 e. The minimum Gasteiger partial charge on any atom is -0.396 e. The number of hydrogen-bond donors (Lipinski definition) is 1. The van der Waals surface area contributed by atoms with Gasteiger partial charge in [-0.1, -0.05) is 0 Å². The maximum absolute atomic E-state index is 13.3. The van der Waals surface area contributed by atoms with E-state index in [0.29, 0.717) is 13.1 Å². The van der Waals surface area contributed by atoms with Crippen molar-refractivity contribution in [3.63, 3.8) is 0 Å². The predicted molar refractivity (Wildman–Crippen MR) is 51.6 cm³/mol. The van der Waals surface area contributed by atoms with Gasteiger partial charge in [0.2, 0.25) is 0 Å². The van der Waals surface area contributed by atoms with Crippen LogP contribution in [0.15, 0.2) is 12.3 Å². The molecule has 1 atom stereocenters. The van der Waals surface area contributed by atoms with Crippen LogP contribution in [0.4, 0.5) is 14.6 Å². The molecule has 1 aromatic heterocycles. The predicted octanol–water partition coefficient (Wildman–Crippen LogP) is 1.18. The summed E-state index contributed by atoms with van der Waals surface area (Å²) in [6, 6.07) is 0.828. The molecule has 0 spiro atoms. The molecular formula is C10H12F2N2O. The number of aliphatic hydroxyl groups is 1. The molecule has 0 amide bonds. The van der Waals surface area contributed by atoms with Crippen molar-refractivity contribution in [2.45, 2.75) is 6.42 Å². The molecule has 0 aliphatic carbocycles. The molecule has 82 valence electrons. The normalized spacial score (nSPS) is 21.0. The molecule has 1 saturated heterocycles. The van der Waals surface area contributed by atoms with Gasteiger partial charge in [0.05, 0.1) is 6.20 Å². The molecule has 1 aliphatic rings. The van der Waals surface area contributed by atoms with Crippen molar-refractivity contribution < 1.29 is 13.9 Å². The maximum atomic E-state index is 13.3. The fourth-order valence-corrected chi connectivity index (χ4v) is 1.81. The summed E-state index contributed by atoms with van der Waals surface area (Å²) in [7, 11) is 0. The highest BCUT2D eigenvalue weighted by atomic mass is 19.1. The lowest BCUT2D eigenvalue weighted by atomic mass is 10.1. The molecule has 3 nitrogen and oxygen atoms in total. The molecule has 15 heavy (non-hydrogen) atoms.